The van der Waals surface area contributed by atoms with Gasteiger partial charge in [-0.3, -0.25) is 0 Å². The monoisotopic (exact) mass is 339 g/mol. The van der Waals surface area contributed by atoms with Crippen LogP contribution in [-0.4, -0.2) is 24.6 Å². The largest absolute Gasteiger partial charge is 0.356 e. The van der Waals surface area contributed by atoms with Gasteiger partial charge in [0.1, 0.15) is 5.82 Å². The highest BCUT2D eigenvalue weighted by Gasteiger charge is 2.30. The van der Waals surface area contributed by atoms with Crippen molar-refractivity contribution < 1.29 is 0 Å². The third-order valence-corrected chi connectivity index (χ3v) is 4.19. The molecule has 0 saturated carbocycles. The number of aromatic nitrogens is 1. The van der Waals surface area contributed by atoms with E-state index in [1.807, 2.05) is 6.20 Å². The molecule has 0 radical (unpaired) electrons. The summed E-state index contributed by atoms with van der Waals surface area (Å²) in [7, 11) is 0. The van der Waals surface area contributed by atoms with Crippen LogP contribution in [0.4, 0.5) is 5.82 Å². The van der Waals surface area contributed by atoms with Crippen LogP contribution in [-0.2, 0) is 6.54 Å². The summed E-state index contributed by atoms with van der Waals surface area (Å²) in [5.41, 5.74) is 1.69. The molecule has 0 bridgehead atoms. The normalized spacial score (nSPS) is 18.0. The summed E-state index contributed by atoms with van der Waals surface area (Å²) < 4.78 is 1.06. The first-order valence-electron chi connectivity index (χ1n) is 7.47. The second-order valence-corrected chi connectivity index (χ2v) is 7.91. The average molecular weight is 340 g/mol. The Morgan fingerprint density at radius 3 is 2.80 bits per heavy atom. The topological polar surface area (TPSA) is 28.2 Å². The zero-order valence-electron chi connectivity index (χ0n) is 13.0. The van der Waals surface area contributed by atoms with Crippen LogP contribution in [0.2, 0.25) is 0 Å². The molecular weight excluding hydrogens is 314 g/mol. The molecule has 1 fully saturated rings. The number of hydrogen-bond donors (Lipinski definition) is 1. The van der Waals surface area contributed by atoms with Crippen LogP contribution in [0.3, 0.4) is 0 Å². The molecule has 1 saturated heterocycles. The Bertz CT molecular complexity index is 457. The van der Waals surface area contributed by atoms with Crippen molar-refractivity contribution in [3.63, 3.8) is 0 Å². The molecule has 112 valence electrons. The smallest absolute Gasteiger partial charge is 0.133 e. The molecule has 20 heavy (non-hydrogen) atoms. The third kappa shape index (κ3) is 4.19. The van der Waals surface area contributed by atoms with E-state index in [2.05, 4.69) is 64.9 Å². The summed E-state index contributed by atoms with van der Waals surface area (Å²) in [6, 6.07) is 2.20. The molecule has 0 spiro atoms. The Kier molecular flexibility index (Phi) is 5.08. The van der Waals surface area contributed by atoms with Crippen molar-refractivity contribution in [1.82, 2.24) is 10.3 Å². The molecule has 4 heteroatoms. The van der Waals surface area contributed by atoms with Crippen molar-refractivity contribution in [1.29, 1.82) is 0 Å². The molecule has 2 rings (SSSR count). The number of nitrogens with zero attached hydrogens (tertiary/aromatic N) is 2. The fourth-order valence-electron chi connectivity index (χ4n) is 2.68. The van der Waals surface area contributed by atoms with Crippen LogP contribution in [0.5, 0.6) is 0 Å². The maximum atomic E-state index is 4.66. The second kappa shape index (κ2) is 6.44. The lowest BCUT2D eigenvalue weighted by Gasteiger charge is -2.23. The minimum atomic E-state index is 0.400. The summed E-state index contributed by atoms with van der Waals surface area (Å²) in [5.74, 6) is 1.82. The SMILES string of the molecule is CC(C)CNCc1cc(Br)cnc1N1CCC(C)(C)C1. The molecule has 0 atom stereocenters. The van der Waals surface area contributed by atoms with Gasteiger partial charge in [0, 0.05) is 35.9 Å². The van der Waals surface area contributed by atoms with Gasteiger partial charge in [-0.25, -0.2) is 4.98 Å². The highest BCUT2D eigenvalue weighted by atomic mass is 79.9. The maximum absolute atomic E-state index is 4.66. The molecule has 1 aromatic heterocycles. The van der Waals surface area contributed by atoms with Gasteiger partial charge in [-0.15, -0.1) is 0 Å². The van der Waals surface area contributed by atoms with E-state index in [4.69, 9.17) is 0 Å². The predicted molar refractivity (Wildman–Crippen MR) is 89.1 cm³/mol. The fraction of sp³-hybridized carbons (Fsp3) is 0.688. The molecule has 3 nitrogen and oxygen atoms in total. The van der Waals surface area contributed by atoms with Crippen LogP contribution >= 0.6 is 15.9 Å². The number of anilines is 1. The maximum Gasteiger partial charge on any atom is 0.133 e. The van der Waals surface area contributed by atoms with Crippen LogP contribution in [0.25, 0.3) is 0 Å². The van der Waals surface area contributed by atoms with Gasteiger partial charge in [-0.05, 0) is 46.3 Å². The summed E-state index contributed by atoms with van der Waals surface area (Å²) in [5, 5.41) is 3.53. The van der Waals surface area contributed by atoms with Gasteiger partial charge in [0.25, 0.3) is 0 Å². The Labute approximate surface area is 131 Å². The quantitative estimate of drug-likeness (QED) is 0.883. The van der Waals surface area contributed by atoms with Crippen LogP contribution < -0.4 is 10.2 Å². The summed E-state index contributed by atoms with van der Waals surface area (Å²) in [6.07, 6.45) is 3.15. The van der Waals surface area contributed by atoms with Crippen molar-refractivity contribution in [2.24, 2.45) is 11.3 Å². The lowest BCUT2D eigenvalue weighted by atomic mass is 9.93. The number of halogens is 1. The molecule has 1 aliphatic rings. The molecule has 0 aliphatic carbocycles. The summed E-state index contributed by atoms with van der Waals surface area (Å²) in [6.45, 7) is 13.3. The Morgan fingerprint density at radius 1 is 1.45 bits per heavy atom. The summed E-state index contributed by atoms with van der Waals surface area (Å²) in [4.78, 5) is 7.09. The Morgan fingerprint density at radius 2 is 2.20 bits per heavy atom. The highest BCUT2D eigenvalue weighted by molar-refractivity contribution is 9.10. The Hall–Kier alpha value is -0.610. The van der Waals surface area contributed by atoms with Gasteiger partial charge in [0.15, 0.2) is 0 Å². The van der Waals surface area contributed by atoms with Gasteiger partial charge < -0.3 is 10.2 Å². The third-order valence-electron chi connectivity index (χ3n) is 3.75. The molecule has 1 aliphatic heterocycles. The van der Waals surface area contributed by atoms with Crippen molar-refractivity contribution in [3.05, 3.63) is 22.3 Å². The molecular formula is C16H26BrN3. The average Bonchev–Trinajstić information content (AvgIpc) is 2.69. The zero-order valence-corrected chi connectivity index (χ0v) is 14.6. The molecule has 1 aromatic rings. The number of nitrogens with one attached hydrogen (secondary N) is 1. The number of pyridine rings is 1. The van der Waals surface area contributed by atoms with E-state index in [1.165, 1.54) is 12.0 Å². The zero-order chi connectivity index (χ0) is 14.8. The first kappa shape index (κ1) is 15.8. The van der Waals surface area contributed by atoms with E-state index in [-0.39, 0.29) is 0 Å². The lowest BCUT2D eigenvalue weighted by molar-refractivity contribution is 0.418. The predicted octanol–water partition coefficient (Wildman–Crippen LogP) is 3.83. The van der Waals surface area contributed by atoms with E-state index >= 15 is 0 Å². The molecule has 1 N–H and O–H groups in total. The van der Waals surface area contributed by atoms with Gasteiger partial charge in [0.05, 0.1) is 0 Å². The van der Waals surface area contributed by atoms with Gasteiger partial charge in [0.2, 0.25) is 0 Å². The van der Waals surface area contributed by atoms with E-state index < -0.39 is 0 Å². The van der Waals surface area contributed by atoms with Crippen LogP contribution in [0.15, 0.2) is 16.7 Å². The minimum Gasteiger partial charge on any atom is -0.356 e. The molecule has 0 aromatic carbocycles. The first-order chi connectivity index (χ1) is 9.37. The number of hydrogen-bond acceptors (Lipinski definition) is 3. The van der Waals surface area contributed by atoms with Crippen molar-refractivity contribution >= 4 is 21.7 Å². The number of rotatable bonds is 5. The van der Waals surface area contributed by atoms with Gasteiger partial charge >= 0.3 is 0 Å². The van der Waals surface area contributed by atoms with Gasteiger partial charge in [-0.2, -0.15) is 0 Å². The van der Waals surface area contributed by atoms with E-state index in [9.17, 15) is 0 Å². The van der Waals surface area contributed by atoms with Crippen LogP contribution in [0.1, 0.15) is 39.7 Å². The lowest BCUT2D eigenvalue weighted by Crippen LogP contribution is -2.26. The summed E-state index contributed by atoms with van der Waals surface area (Å²) >= 11 is 3.54. The molecule has 0 amide bonds. The van der Waals surface area contributed by atoms with Gasteiger partial charge in [-0.1, -0.05) is 27.7 Å². The minimum absolute atomic E-state index is 0.400. The Balaban J connectivity index is 2.12. The van der Waals surface area contributed by atoms with Crippen molar-refractivity contribution in [2.45, 2.75) is 40.7 Å². The van der Waals surface area contributed by atoms with Crippen molar-refractivity contribution in [3.8, 4) is 0 Å². The second-order valence-electron chi connectivity index (χ2n) is 7.00. The van der Waals surface area contributed by atoms with E-state index in [0.717, 1.165) is 36.5 Å². The van der Waals surface area contributed by atoms with E-state index in [1.54, 1.807) is 0 Å². The molecule has 2 heterocycles. The standard InChI is InChI=1S/C16H26BrN3/c1-12(2)8-18-9-13-7-14(17)10-19-15(13)20-6-5-16(3,4)11-20/h7,10,12,18H,5-6,8-9,11H2,1-4H3. The fourth-order valence-corrected chi connectivity index (χ4v) is 3.06. The highest BCUT2D eigenvalue weighted by Crippen LogP contribution is 2.33. The van der Waals surface area contributed by atoms with Crippen LogP contribution in [0, 0.1) is 11.3 Å². The first-order valence-corrected chi connectivity index (χ1v) is 8.27. The van der Waals surface area contributed by atoms with E-state index in [0.29, 0.717) is 11.3 Å². The molecule has 0 unspecified atom stereocenters. The van der Waals surface area contributed by atoms with Crippen molar-refractivity contribution in [2.75, 3.05) is 24.5 Å².